The van der Waals surface area contributed by atoms with Gasteiger partial charge in [0.15, 0.2) is 0 Å². The van der Waals surface area contributed by atoms with Crippen LogP contribution in [0, 0.1) is 0 Å². The van der Waals surface area contributed by atoms with Crippen molar-refractivity contribution >= 4 is 11.9 Å². The van der Waals surface area contributed by atoms with Gasteiger partial charge in [-0.25, -0.2) is 4.79 Å². The largest absolute Gasteiger partial charge is 0.480 e. The molecule has 21 heavy (non-hydrogen) atoms. The summed E-state index contributed by atoms with van der Waals surface area (Å²) in [7, 11) is 0. The van der Waals surface area contributed by atoms with Crippen LogP contribution in [0.2, 0.25) is 0 Å². The summed E-state index contributed by atoms with van der Waals surface area (Å²) in [6.45, 7) is 2.00. The number of carboxylic acids is 1. The Labute approximate surface area is 124 Å². The van der Waals surface area contributed by atoms with E-state index in [0.717, 1.165) is 38.5 Å². The van der Waals surface area contributed by atoms with Crippen molar-refractivity contribution in [2.24, 2.45) is 0 Å². The van der Waals surface area contributed by atoms with Gasteiger partial charge in [-0.1, -0.05) is 32.6 Å². The maximum atomic E-state index is 12.3. The first-order chi connectivity index (χ1) is 10.1. The molecule has 0 aromatic carbocycles. The number of rotatable bonds is 7. The fourth-order valence-corrected chi connectivity index (χ4v) is 2.83. The maximum absolute atomic E-state index is 12.3. The first-order valence-electron chi connectivity index (χ1n) is 7.70. The first-order valence-corrected chi connectivity index (χ1v) is 7.70. The van der Waals surface area contributed by atoms with Crippen molar-refractivity contribution in [3.63, 3.8) is 0 Å². The highest BCUT2D eigenvalue weighted by Gasteiger charge is 2.25. The van der Waals surface area contributed by atoms with Gasteiger partial charge in [-0.05, 0) is 25.3 Å². The van der Waals surface area contributed by atoms with Crippen LogP contribution in [-0.2, 0) is 4.79 Å². The summed E-state index contributed by atoms with van der Waals surface area (Å²) >= 11 is 0. The van der Waals surface area contributed by atoms with Crippen LogP contribution in [0.3, 0.4) is 0 Å². The first kappa shape index (κ1) is 15.5. The van der Waals surface area contributed by atoms with Gasteiger partial charge in [0.05, 0.1) is 6.04 Å². The fraction of sp³-hybridized carbons (Fsp3) is 0.667. The van der Waals surface area contributed by atoms with Crippen LogP contribution in [0.4, 0.5) is 0 Å². The predicted molar refractivity (Wildman–Crippen MR) is 78.1 cm³/mol. The zero-order valence-electron chi connectivity index (χ0n) is 12.4. The Hall–Kier alpha value is -1.85. The molecule has 6 nitrogen and oxygen atoms in total. The van der Waals surface area contributed by atoms with Crippen molar-refractivity contribution < 1.29 is 14.7 Å². The van der Waals surface area contributed by atoms with E-state index in [-0.39, 0.29) is 11.9 Å². The highest BCUT2D eigenvalue weighted by molar-refractivity contribution is 5.95. The molecule has 1 amide bonds. The summed E-state index contributed by atoms with van der Waals surface area (Å²) < 4.78 is 1.75. The topological polar surface area (TPSA) is 84.2 Å². The van der Waals surface area contributed by atoms with Crippen LogP contribution in [0.1, 0.15) is 68.4 Å². The molecule has 1 aliphatic carbocycles. The number of carbonyl (C=O) groups excluding carboxylic acids is 1. The molecule has 0 saturated heterocycles. The van der Waals surface area contributed by atoms with Crippen molar-refractivity contribution in [1.82, 2.24) is 15.1 Å². The van der Waals surface area contributed by atoms with Crippen LogP contribution in [-0.4, -0.2) is 32.8 Å². The number of aliphatic carboxylic acids is 1. The third-order valence-electron chi connectivity index (χ3n) is 4.02. The van der Waals surface area contributed by atoms with Gasteiger partial charge >= 0.3 is 5.97 Å². The molecular formula is C15H23N3O3. The molecule has 1 saturated carbocycles. The second-order valence-electron chi connectivity index (χ2n) is 5.61. The number of carbonyl (C=O) groups is 2. The number of nitrogens with zero attached hydrogens (tertiary/aromatic N) is 2. The molecule has 0 radical (unpaired) electrons. The molecule has 0 spiro atoms. The van der Waals surface area contributed by atoms with E-state index >= 15 is 0 Å². The summed E-state index contributed by atoms with van der Waals surface area (Å²) in [6, 6.07) is 1.09. The van der Waals surface area contributed by atoms with E-state index in [4.69, 9.17) is 0 Å². The summed E-state index contributed by atoms with van der Waals surface area (Å²) in [5, 5.41) is 16.1. The average molecular weight is 293 g/mol. The van der Waals surface area contributed by atoms with Crippen molar-refractivity contribution in [2.75, 3.05) is 0 Å². The van der Waals surface area contributed by atoms with Gasteiger partial charge in [0, 0.05) is 6.20 Å². The molecular weight excluding hydrogens is 270 g/mol. The molecule has 1 atom stereocenters. The summed E-state index contributed by atoms with van der Waals surface area (Å²) in [5.41, 5.74) is 0.463. The van der Waals surface area contributed by atoms with E-state index in [1.807, 2.05) is 6.92 Å². The van der Waals surface area contributed by atoms with Gasteiger partial charge in [-0.15, -0.1) is 0 Å². The molecule has 116 valence electrons. The van der Waals surface area contributed by atoms with E-state index in [1.165, 1.54) is 0 Å². The molecule has 0 bridgehead atoms. The van der Waals surface area contributed by atoms with Gasteiger partial charge in [0.1, 0.15) is 11.7 Å². The second kappa shape index (κ2) is 7.24. The summed E-state index contributed by atoms with van der Waals surface area (Å²) in [5.74, 6) is -1.33. The van der Waals surface area contributed by atoms with Crippen molar-refractivity contribution in [1.29, 1.82) is 0 Å². The minimum atomic E-state index is -0.983. The van der Waals surface area contributed by atoms with E-state index in [2.05, 4.69) is 10.4 Å². The lowest BCUT2D eigenvalue weighted by Gasteiger charge is -2.17. The van der Waals surface area contributed by atoms with Gasteiger partial charge < -0.3 is 10.4 Å². The number of unbranched alkanes of at least 4 members (excludes halogenated alkanes) is 1. The Morgan fingerprint density at radius 3 is 2.81 bits per heavy atom. The van der Waals surface area contributed by atoms with Gasteiger partial charge in [-0.2, -0.15) is 5.10 Å². The van der Waals surface area contributed by atoms with Crippen LogP contribution in [0.25, 0.3) is 0 Å². The number of hydrogen-bond donors (Lipinski definition) is 2. The van der Waals surface area contributed by atoms with Gasteiger partial charge in [-0.3, -0.25) is 9.48 Å². The molecule has 1 aromatic rings. The molecule has 1 heterocycles. The SMILES string of the molecule is CCCCC(NC(=O)c1ccnn1C1CCCC1)C(=O)O. The van der Waals surface area contributed by atoms with Crippen molar-refractivity contribution in [3.8, 4) is 0 Å². The van der Waals surface area contributed by atoms with Crippen molar-refractivity contribution in [3.05, 3.63) is 18.0 Å². The summed E-state index contributed by atoms with van der Waals surface area (Å²) in [6.07, 6.45) is 8.10. The highest BCUT2D eigenvalue weighted by atomic mass is 16.4. The number of amides is 1. The molecule has 0 aliphatic heterocycles. The minimum Gasteiger partial charge on any atom is -0.480 e. The molecule has 1 aliphatic rings. The lowest BCUT2D eigenvalue weighted by atomic mass is 10.1. The maximum Gasteiger partial charge on any atom is 0.326 e. The molecule has 2 N–H and O–H groups in total. The van der Waals surface area contributed by atoms with Crippen LogP contribution in [0.15, 0.2) is 12.3 Å². The average Bonchev–Trinajstić information content (AvgIpc) is 3.11. The fourth-order valence-electron chi connectivity index (χ4n) is 2.83. The Bertz CT molecular complexity index is 492. The zero-order valence-corrected chi connectivity index (χ0v) is 12.4. The molecule has 1 unspecified atom stereocenters. The Kier molecular flexibility index (Phi) is 5.36. The standard InChI is InChI=1S/C15H23N3O3/c1-2-3-8-12(15(20)21)17-14(19)13-9-10-16-18(13)11-6-4-5-7-11/h9-12H,2-8H2,1H3,(H,17,19)(H,20,21). The van der Waals surface area contributed by atoms with Gasteiger partial charge in [0.2, 0.25) is 0 Å². The summed E-state index contributed by atoms with van der Waals surface area (Å²) in [4.78, 5) is 23.5. The zero-order chi connectivity index (χ0) is 15.2. The highest BCUT2D eigenvalue weighted by Crippen LogP contribution is 2.29. The molecule has 2 rings (SSSR count). The second-order valence-corrected chi connectivity index (χ2v) is 5.61. The third kappa shape index (κ3) is 3.83. The van der Waals surface area contributed by atoms with E-state index in [1.54, 1.807) is 16.9 Å². The lowest BCUT2D eigenvalue weighted by Crippen LogP contribution is -2.41. The number of nitrogens with one attached hydrogen (secondary N) is 1. The monoisotopic (exact) mass is 293 g/mol. The third-order valence-corrected chi connectivity index (χ3v) is 4.02. The Morgan fingerprint density at radius 1 is 1.48 bits per heavy atom. The van der Waals surface area contributed by atoms with Crippen LogP contribution in [0.5, 0.6) is 0 Å². The minimum absolute atomic E-state index is 0.264. The van der Waals surface area contributed by atoms with E-state index < -0.39 is 12.0 Å². The normalized spacial score (nSPS) is 16.8. The molecule has 1 aromatic heterocycles. The predicted octanol–water partition coefficient (Wildman–Crippen LogP) is 2.37. The quantitative estimate of drug-likeness (QED) is 0.808. The Morgan fingerprint density at radius 2 is 2.19 bits per heavy atom. The van der Waals surface area contributed by atoms with Crippen LogP contribution >= 0.6 is 0 Å². The smallest absolute Gasteiger partial charge is 0.326 e. The van der Waals surface area contributed by atoms with Crippen molar-refractivity contribution in [2.45, 2.75) is 64.0 Å². The number of aromatic nitrogens is 2. The molecule has 1 fully saturated rings. The molecule has 6 heteroatoms. The van der Waals surface area contributed by atoms with Gasteiger partial charge in [0.25, 0.3) is 5.91 Å². The lowest BCUT2D eigenvalue weighted by molar-refractivity contribution is -0.139. The van der Waals surface area contributed by atoms with E-state index in [9.17, 15) is 14.7 Å². The van der Waals surface area contributed by atoms with E-state index in [0.29, 0.717) is 12.1 Å². The Balaban J connectivity index is 2.05. The number of carboxylic acid groups (broad SMARTS) is 1. The van der Waals surface area contributed by atoms with Crippen LogP contribution < -0.4 is 5.32 Å². The number of hydrogen-bond acceptors (Lipinski definition) is 3.